The molecule has 214 valence electrons. The molecule has 2 atom stereocenters. The molecule has 0 bridgehead atoms. The molecule has 0 spiro atoms. The third kappa shape index (κ3) is 5.57. The van der Waals surface area contributed by atoms with Crippen molar-refractivity contribution in [2.24, 2.45) is 11.7 Å². The molecular weight excluding hydrogens is 552 g/mol. The molecule has 2 aliphatic rings. The summed E-state index contributed by atoms with van der Waals surface area (Å²) in [6, 6.07) is 11.1. The molecular formula is C29H29F2N5O4S. The number of benzene rings is 2. The first-order valence-electron chi connectivity index (χ1n) is 13.0. The molecule has 5 N–H and O–H groups in total. The van der Waals surface area contributed by atoms with Gasteiger partial charge in [-0.3, -0.25) is 19.8 Å². The lowest BCUT2D eigenvalue weighted by Gasteiger charge is -2.24. The summed E-state index contributed by atoms with van der Waals surface area (Å²) in [5.41, 5.74) is 6.61. The highest BCUT2D eigenvalue weighted by Crippen LogP contribution is 2.50. The summed E-state index contributed by atoms with van der Waals surface area (Å²) < 4.78 is 35.0. The average Bonchev–Trinajstić information content (AvgIpc) is 3.67. The number of amidine groups is 1. The Labute approximate surface area is 239 Å². The van der Waals surface area contributed by atoms with Crippen LogP contribution in [0.4, 0.5) is 8.78 Å². The number of nitrogens with two attached hydrogens (primary N) is 1. The second-order valence-corrected chi connectivity index (χ2v) is 11.1. The number of likely N-dealkylation sites (tertiary alicyclic amines) is 1. The molecule has 9 nitrogen and oxygen atoms in total. The molecule has 1 aliphatic carbocycles. The van der Waals surface area contributed by atoms with Crippen LogP contribution in [0.1, 0.15) is 38.3 Å². The van der Waals surface area contributed by atoms with Crippen LogP contribution in [0.3, 0.4) is 0 Å². The molecule has 3 aromatic rings. The van der Waals surface area contributed by atoms with Gasteiger partial charge in [-0.1, -0.05) is 30.3 Å². The minimum atomic E-state index is -3.15. The molecule has 1 saturated heterocycles. The van der Waals surface area contributed by atoms with E-state index in [1.54, 1.807) is 36.8 Å². The molecule has 5 rings (SSSR count). The maximum absolute atomic E-state index is 14.9. The third-order valence-electron chi connectivity index (χ3n) is 7.39. The highest BCUT2D eigenvalue weighted by molar-refractivity contribution is 7.10. The van der Waals surface area contributed by atoms with Crippen molar-refractivity contribution >= 4 is 34.9 Å². The first-order valence-corrected chi connectivity index (χ1v) is 13.9. The zero-order valence-corrected chi connectivity index (χ0v) is 23.0. The Kier molecular flexibility index (Phi) is 7.87. The molecule has 1 fully saturated rings. The third-order valence-corrected chi connectivity index (χ3v) is 8.33. The number of methoxy groups -OCH3 is 1. The maximum Gasteiger partial charge on any atom is 0.299 e. The summed E-state index contributed by atoms with van der Waals surface area (Å²) >= 11 is 1.37. The van der Waals surface area contributed by atoms with E-state index >= 15 is 0 Å². The Morgan fingerprint density at radius 2 is 1.85 bits per heavy atom. The maximum atomic E-state index is 14.9. The van der Waals surface area contributed by atoms with Crippen molar-refractivity contribution in [1.82, 2.24) is 15.5 Å². The first-order chi connectivity index (χ1) is 19.6. The summed E-state index contributed by atoms with van der Waals surface area (Å²) in [5, 5.41) is 14.7. The number of ether oxygens (including phenoxy) is 1. The number of halogens is 2. The predicted octanol–water partition coefficient (Wildman–Crippen LogP) is 3.06. The number of carbonyl (C=O) groups is 3. The Morgan fingerprint density at radius 3 is 2.59 bits per heavy atom. The normalized spacial score (nSPS) is 18.5. The van der Waals surface area contributed by atoms with Gasteiger partial charge in [0.2, 0.25) is 11.8 Å². The van der Waals surface area contributed by atoms with E-state index in [4.69, 9.17) is 15.9 Å². The number of nitrogens with one attached hydrogen (secondary N) is 3. The smallest absolute Gasteiger partial charge is 0.299 e. The Hall–Kier alpha value is -4.16. The number of amides is 3. The van der Waals surface area contributed by atoms with Gasteiger partial charge in [0.05, 0.1) is 19.7 Å². The first kappa shape index (κ1) is 28.4. The van der Waals surface area contributed by atoms with E-state index in [0.717, 1.165) is 4.88 Å². The predicted molar refractivity (Wildman–Crippen MR) is 150 cm³/mol. The number of nitrogen functional groups attached to an aromatic ring is 1. The van der Waals surface area contributed by atoms with Gasteiger partial charge in [-0.25, -0.2) is 0 Å². The number of carbonyl (C=O) groups excluding carboxylic acids is 3. The van der Waals surface area contributed by atoms with Crippen molar-refractivity contribution in [3.05, 3.63) is 81.0 Å². The van der Waals surface area contributed by atoms with E-state index in [2.05, 4.69) is 10.6 Å². The fourth-order valence-corrected chi connectivity index (χ4v) is 6.21. The van der Waals surface area contributed by atoms with Gasteiger partial charge < -0.3 is 26.0 Å². The number of fused-ring (bicyclic) bond motifs is 3. The minimum absolute atomic E-state index is 0.0556. The Morgan fingerprint density at radius 1 is 1.10 bits per heavy atom. The van der Waals surface area contributed by atoms with Gasteiger partial charge in [0.25, 0.3) is 11.8 Å². The van der Waals surface area contributed by atoms with Crippen molar-refractivity contribution in [2.75, 3.05) is 26.8 Å². The summed E-state index contributed by atoms with van der Waals surface area (Å²) in [6.07, 6.45) is 0.404. The molecule has 0 saturated carbocycles. The van der Waals surface area contributed by atoms with E-state index in [1.165, 1.54) is 40.5 Å². The van der Waals surface area contributed by atoms with Crippen molar-refractivity contribution in [3.63, 3.8) is 0 Å². The molecule has 1 aliphatic heterocycles. The lowest BCUT2D eigenvalue weighted by molar-refractivity contribution is -0.137. The number of thiophene rings is 1. The molecule has 41 heavy (non-hydrogen) atoms. The van der Waals surface area contributed by atoms with Crippen LogP contribution in [-0.4, -0.2) is 61.3 Å². The van der Waals surface area contributed by atoms with Gasteiger partial charge >= 0.3 is 0 Å². The van der Waals surface area contributed by atoms with E-state index in [0.29, 0.717) is 30.7 Å². The van der Waals surface area contributed by atoms with Crippen LogP contribution >= 0.6 is 11.3 Å². The SMILES string of the molecule is COCC1CC(C(=O)NCc2cc(C(=N)N)cs2)N(C(=O)CNC(=O)c2ccc3c(c2)-c2ccccc2C3(F)F)C1. The van der Waals surface area contributed by atoms with Crippen LogP contribution in [0.5, 0.6) is 0 Å². The van der Waals surface area contributed by atoms with Crippen molar-refractivity contribution < 1.29 is 27.9 Å². The standard InChI is InChI=1S/C29H29F2N5O4S/c1-40-14-16-8-24(28(39)34-11-19-9-18(15-41-19)26(32)33)36(13-16)25(37)12-35-27(38)17-6-7-23-21(10-17)20-4-2-3-5-22(20)29(23,30)31/h2-7,9-10,15-16,24H,8,11-14H2,1H3,(H3,32,33)(H,34,39)(H,35,38). The van der Waals surface area contributed by atoms with Gasteiger partial charge in [-0.15, -0.1) is 11.3 Å². The van der Waals surface area contributed by atoms with Crippen LogP contribution in [0.15, 0.2) is 53.9 Å². The van der Waals surface area contributed by atoms with Crippen LogP contribution < -0.4 is 16.4 Å². The number of nitrogens with zero attached hydrogens (tertiary/aromatic N) is 1. The largest absolute Gasteiger partial charge is 0.384 e. The van der Waals surface area contributed by atoms with Gasteiger partial charge in [0, 0.05) is 52.1 Å². The molecule has 12 heteroatoms. The van der Waals surface area contributed by atoms with Gasteiger partial charge in [-0.05, 0) is 35.7 Å². The van der Waals surface area contributed by atoms with Crippen LogP contribution in [0, 0.1) is 11.3 Å². The summed E-state index contributed by atoms with van der Waals surface area (Å²) in [7, 11) is 1.55. The lowest BCUT2D eigenvalue weighted by atomic mass is 10.0. The zero-order valence-electron chi connectivity index (χ0n) is 22.2. The van der Waals surface area contributed by atoms with Crippen molar-refractivity contribution in [2.45, 2.75) is 24.9 Å². The average molecular weight is 582 g/mol. The molecule has 2 aromatic carbocycles. The van der Waals surface area contributed by atoms with Crippen molar-refractivity contribution in [3.8, 4) is 11.1 Å². The number of rotatable bonds is 9. The van der Waals surface area contributed by atoms with Gasteiger partial charge in [0.15, 0.2) is 0 Å². The van der Waals surface area contributed by atoms with Crippen LogP contribution in [-0.2, 0) is 26.8 Å². The fraction of sp³-hybridized carbons (Fsp3) is 0.310. The van der Waals surface area contributed by atoms with Crippen LogP contribution in [0.2, 0.25) is 0 Å². The lowest BCUT2D eigenvalue weighted by Crippen LogP contribution is -2.48. The van der Waals surface area contributed by atoms with Crippen LogP contribution in [0.25, 0.3) is 11.1 Å². The quantitative estimate of drug-likeness (QED) is 0.227. The Balaban J connectivity index is 1.24. The number of hydrogen-bond donors (Lipinski definition) is 4. The summed E-state index contributed by atoms with van der Waals surface area (Å²) in [6.45, 7) is 0.521. The van der Waals surface area contributed by atoms with E-state index < -0.39 is 23.8 Å². The molecule has 3 amide bonds. The Bertz CT molecular complexity index is 1520. The fourth-order valence-electron chi connectivity index (χ4n) is 5.39. The molecule has 2 unspecified atom stereocenters. The summed E-state index contributed by atoms with van der Waals surface area (Å²) in [4.78, 5) is 41.5. The minimum Gasteiger partial charge on any atom is -0.384 e. The number of alkyl halides is 2. The zero-order chi connectivity index (χ0) is 29.3. The highest BCUT2D eigenvalue weighted by Gasteiger charge is 2.44. The van der Waals surface area contributed by atoms with Gasteiger partial charge in [-0.2, -0.15) is 8.78 Å². The highest BCUT2D eigenvalue weighted by atomic mass is 32.1. The van der Waals surface area contributed by atoms with E-state index in [9.17, 15) is 23.2 Å². The van der Waals surface area contributed by atoms with E-state index in [-0.39, 0.29) is 53.0 Å². The molecule has 0 radical (unpaired) electrons. The summed E-state index contributed by atoms with van der Waals surface area (Å²) in [5.74, 6) is -4.62. The molecule has 2 heterocycles. The number of hydrogen-bond acceptors (Lipinski definition) is 6. The van der Waals surface area contributed by atoms with Crippen molar-refractivity contribution in [1.29, 1.82) is 5.41 Å². The van der Waals surface area contributed by atoms with E-state index in [1.807, 2.05) is 0 Å². The molecule has 1 aromatic heterocycles. The second-order valence-electron chi connectivity index (χ2n) is 10.1. The topological polar surface area (TPSA) is 138 Å². The van der Waals surface area contributed by atoms with Gasteiger partial charge in [0.1, 0.15) is 11.9 Å². The monoisotopic (exact) mass is 581 g/mol. The second kappa shape index (κ2) is 11.4.